The van der Waals surface area contributed by atoms with Crippen LogP contribution in [0.3, 0.4) is 0 Å². The molecule has 1 heterocycles. The molecule has 0 unspecified atom stereocenters. The highest BCUT2D eigenvalue weighted by molar-refractivity contribution is 6.07. The lowest BCUT2D eigenvalue weighted by Gasteiger charge is -2.03. The maximum absolute atomic E-state index is 7.12. The molecule has 0 aliphatic rings. The highest BCUT2D eigenvalue weighted by atomic mass is 14.8. The van der Waals surface area contributed by atoms with Gasteiger partial charge in [0.2, 0.25) is 0 Å². The Morgan fingerprint density at radius 2 is 2.23 bits per heavy atom. The molecular formula is C9H12N4. The number of nitrogens with one attached hydrogen (secondary N) is 1. The van der Waals surface area contributed by atoms with Gasteiger partial charge in [0, 0.05) is 24.2 Å². The van der Waals surface area contributed by atoms with Crippen molar-refractivity contribution < 1.29 is 0 Å². The smallest absolute Gasteiger partial charge is 0.0947 e. The summed E-state index contributed by atoms with van der Waals surface area (Å²) >= 11 is 0. The van der Waals surface area contributed by atoms with Crippen molar-refractivity contribution in [2.75, 3.05) is 0 Å². The lowest BCUT2D eigenvalue weighted by Crippen LogP contribution is -2.00. The molecule has 0 aromatic carbocycles. The Balaban J connectivity index is 3.27. The Morgan fingerprint density at radius 3 is 2.77 bits per heavy atom. The SMILES string of the molecule is Cc1cnc(C)c(/C(C=N)=C/N)n1. The third-order valence-electron chi connectivity index (χ3n) is 1.68. The Hall–Kier alpha value is -1.71. The molecule has 0 aliphatic heterocycles. The zero-order valence-corrected chi connectivity index (χ0v) is 7.70. The van der Waals surface area contributed by atoms with Crippen LogP contribution in [-0.4, -0.2) is 16.2 Å². The van der Waals surface area contributed by atoms with Crippen molar-refractivity contribution in [3.63, 3.8) is 0 Å². The molecule has 0 saturated heterocycles. The predicted octanol–water partition coefficient (Wildman–Crippen LogP) is 1.04. The molecule has 0 bridgehead atoms. The summed E-state index contributed by atoms with van der Waals surface area (Å²) in [6.07, 6.45) is 4.23. The van der Waals surface area contributed by atoms with Crippen LogP contribution < -0.4 is 5.73 Å². The van der Waals surface area contributed by atoms with Gasteiger partial charge < -0.3 is 11.1 Å². The largest absolute Gasteiger partial charge is 0.404 e. The molecule has 4 nitrogen and oxygen atoms in total. The highest BCUT2D eigenvalue weighted by Crippen LogP contribution is 2.11. The number of allylic oxidation sites excluding steroid dienone is 1. The summed E-state index contributed by atoms with van der Waals surface area (Å²) in [7, 11) is 0. The fourth-order valence-corrected chi connectivity index (χ4v) is 1.01. The summed E-state index contributed by atoms with van der Waals surface area (Å²) in [6.45, 7) is 3.70. The van der Waals surface area contributed by atoms with E-state index < -0.39 is 0 Å². The molecule has 0 saturated carbocycles. The number of rotatable bonds is 2. The predicted molar refractivity (Wildman–Crippen MR) is 52.5 cm³/mol. The molecule has 0 fully saturated rings. The van der Waals surface area contributed by atoms with E-state index in [9.17, 15) is 0 Å². The number of aryl methyl sites for hydroxylation is 2. The Bertz CT molecular complexity index is 355. The first-order valence-electron chi connectivity index (χ1n) is 3.92. The van der Waals surface area contributed by atoms with E-state index in [4.69, 9.17) is 11.1 Å². The molecular weight excluding hydrogens is 164 g/mol. The Kier molecular flexibility index (Phi) is 2.74. The van der Waals surface area contributed by atoms with Crippen molar-refractivity contribution in [1.29, 1.82) is 5.41 Å². The molecule has 0 atom stereocenters. The first kappa shape index (κ1) is 9.38. The molecule has 0 aliphatic carbocycles. The van der Waals surface area contributed by atoms with Gasteiger partial charge in [-0.3, -0.25) is 4.98 Å². The zero-order chi connectivity index (χ0) is 9.84. The van der Waals surface area contributed by atoms with E-state index in [0.29, 0.717) is 11.3 Å². The van der Waals surface area contributed by atoms with Crippen LogP contribution in [0.5, 0.6) is 0 Å². The van der Waals surface area contributed by atoms with Crippen LogP contribution in [0, 0.1) is 19.3 Å². The van der Waals surface area contributed by atoms with Gasteiger partial charge in [0.1, 0.15) is 0 Å². The number of aromatic nitrogens is 2. The Labute approximate surface area is 77.0 Å². The number of nitrogens with zero attached hydrogens (tertiary/aromatic N) is 2. The fourth-order valence-electron chi connectivity index (χ4n) is 1.01. The van der Waals surface area contributed by atoms with Crippen LogP contribution in [0.15, 0.2) is 12.4 Å². The zero-order valence-electron chi connectivity index (χ0n) is 7.70. The van der Waals surface area contributed by atoms with Crippen LogP contribution in [0.4, 0.5) is 0 Å². The Morgan fingerprint density at radius 1 is 1.54 bits per heavy atom. The molecule has 13 heavy (non-hydrogen) atoms. The molecule has 0 radical (unpaired) electrons. The standard InChI is InChI=1S/C9H12N4/c1-6-5-12-7(2)9(13-6)8(3-10)4-11/h3-5,10H,11H2,1-2H3/b8-4+,10-3?. The van der Waals surface area contributed by atoms with Crippen molar-refractivity contribution in [3.8, 4) is 0 Å². The van der Waals surface area contributed by atoms with E-state index in [-0.39, 0.29) is 0 Å². The monoisotopic (exact) mass is 176 g/mol. The normalized spacial score (nSPS) is 11.4. The van der Waals surface area contributed by atoms with E-state index >= 15 is 0 Å². The molecule has 3 N–H and O–H groups in total. The van der Waals surface area contributed by atoms with Crippen LogP contribution in [0.25, 0.3) is 5.57 Å². The van der Waals surface area contributed by atoms with E-state index in [0.717, 1.165) is 11.4 Å². The maximum Gasteiger partial charge on any atom is 0.0947 e. The minimum atomic E-state index is 0.591. The van der Waals surface area contributed by atoms with Crippen molar-refractivity contribution in [2.24, 2.45) is 5.73 Å². The molecule has 1 aromatic heterocycles. The lowest BCUT2D eigenvalue weighted by atomic mass is 10.2. The fraction of sp³-hybridized carbons (Fsp3) is 0.222. The van der Waals surface area contributed by atoms with Gasteiger partial charge in [-0.05, 0) is 13.8 Å². The van der Waals surface area contributed by atoms with Crippen LogP contribution >= 0.6 is 0 Å². The first-order valence-corrected chi connectivity index (χ1v) is 3.92. The molecule has 1 aromatic rings. The lowest BCUT2D eigenvalue weighted by molar-refractivity contribution is 1.04. The number of nitrogens with two attached hydrogens (primary N) is 1. The summed E-state index contributed by atoms with van der Waals surface area (Å²) in [5.41, 5.74) is 8.23. The molecule has 0 amide bonds. The number of hydrogen-bond donors (Lipinski definition) is 2. The summed E-state index contributed by atoms with van der Waals surface area (Å²) in [5, 5.41) is 7.12. The topological polar surface area (TPSA) is 75.7 Å². The highest BCUT2D eigenvalue weighted by Gasteiger charge is 2.04. The third kappa shape index (κ3) is 1.90. The minimum absolute atomic E-state index is 0.591. The first-order chi connectivity index (χ1) is 6.19. The van der Waals surface area contributed by atoms with Crippen molar-refractivity contribution in [1.82, 2.24) is 9.97 Å². The molecule has 1 rings (SSSR count). The van der Waals surface area contributed by atoms with Crippen LogP contribution in [0.2, 0.25) is 0 Å². The van der Waals surface area contributed by atoms with Crippen LogP contribution in [0.1, 0.15) is 17.1 Å². The summed E-state index contributed by atoms with van der Waals surface area (Å²) in [4.78, 5) is 8.39. The van der Waals surface area contributed by atoms with Gasteiger partial charge in [-0.15, -0.1) is 0 Å². The van der Waals surface area contributed by atoms with Gasteiger partial charge in [0.05, 0.1) is 17.1 Å². The van der Waals surface area contributed by atoms with Crippen LogP contribution in [-0.2, 0) is 0 Å². The second kappa shape index (κ2) is 3.80. The second-order valence-electron chi connectivity index (χ2n) is 2.71. The number of hydrogen-bond acceptors (Lipinski definition) is 4. The van der Waals surface area contributed by atoms with E-state index in [2.05, 4.69) is 9.97 Å². The van der Waals surface area contributed by atoms with E-state index in [1.54, 1.807) is 6.20 Å². The van der Waals surface area contributed by atoms with Crippen molar-refractivity contribution in [3.05, 3.63) is 29.5 Å². The van der Waals surface area contributed by atoms with Gasteiger partial charge in [-0.1, -0.05) is 0 Å². The van der Waals surface area contributed by atoms with E-state index in [1.165, 1.54) is 12.4 Å². The molecule has 0 spiro atoms. The molecule has 4 heteroatoms. The molecule has 68 valence electrons. The minimum Gasteiger partial charge on any atom is -0.404 e. The van der Waals surface area contributed by atoms with Gasteiger partial charge >= 0.3 is 0 Å². The maximum atomic E-state index is 7.12. The van der Waals surface area contributed by atoms with Gasteiger partial charge in [-0.2, -0.15) is 0 Å². The van der Waals surface area contributed by atoms with Crippen molar-refractivity contribution in [2.45, 2.75) is 13.8 Å². The van der Waals surface area contributed by atoms with Crippen molar-refractivity contribution >= 4 is 11.8 Å². The van der Waals surface area contributed by atoms with Gasteiger partial charge in [0.25, 0.3) is 0 Å². The second-order valence-corrected chi connectivity index (χ2v) is 2.71. The summed E-state index contributed by atoms with van der Waals surface area (Å²) < 4.78 is 0. The van der Waals surface area contributed by atoms with Gasteiger partial charge in [-0.25, -0.2) is 4.98 Å². The quantitative estimate of drug-likeness (QED) is 0.661. The van der Waals surface area contributed by atoms with Gasteiger partial charge in [0.15, 0.2) is 0 Å². The average Bonchev–Trinajstić information content (AvgIpc) is 2.13. The summed E-state index contributed by atoms with van der Waals surface area (Å²) in [5.74, 6) is 0. The third-order valence-corrected chi connectivity index (χ3v) is 1.68. The van der Waals surface area contributed by atoms with E-state index in [1.807, 2.05) is 13.8 Å². The summed E-state index contributed by atoms with van der Waals surface area (Å²) in [6, 6.07) is 0. The average molecular weight is 176 g/mol.